The molecule has 0 spiro atoms. The number of rotatable bonds is 5. The Kier molecular flexibility index (Phi) is 6.85. The maximum absolute atomic E-state index is 12.7. The number of anilines is 1. The monoisotopic (exact) mass is 385 g/mol. The van der Waals surface area contributed by atoms with E-state index in [1.54, 1.807) is 6.92 Å². The van der Waals surface area contributed by atoms with Crippen molar-refractivity contribution in [2.45, 2.75) is 20.0 Å². The van der Waals surface area contributed by atoms with Crippen molar-refractivity contribution >= 4 is 46.3 Å². The van der Waals surface area contributed by atoms with E-state index in [1.807, 2.05) is 0 Å². The highest BCUT2D eigenvalue weighted by molar-refractivity contribution is 6.65. The van der Waals surface area contributed by atoms with Crippen LogP contribution >= 0.6 is 23.2 Å². The van der Waals surface area contributed by atoms with Crippen molar-refractivity contribution in [2.24, 2.45) is 10.3 Å². The second kappa shape index (κ2) is 8.20. The van der Waals surface area contributed by atoms with Crippen LogP contribution in [-0.2, 0) is 15.7 Å². The van der Waals surface area contributed by atoms with E-state index in [1.165, 1.54) is 6.92 Å². The Bertz CT molecular complexity index is 668. The highest BCUT2D eigenvalue weighted by Gasteiger charge is 2.32. The first-order valence-corrected chi connectivity index (χ1v) is 7.13. The summed E-state index contributed by atoms with van der Waals surface area (Å²) in [7, 11) is 0. The van der Waals surface area contributed by atoms with E-state index in [0.29, 0.717) is 12.1 Å². The Morgan fingerprint density at radius 2 is 1.88 bits per heavy atom. The van der Waals surface area contributed by atoms with Crippen molar-refractivity contribution in [1.29, 1.82) is 0 Å². The van der Waals surface area contributed by atoms with Gasteiger partial charge in [-0.3, -0.25) is 5.43 Å². The van der Waals surface area contributed by atoms with E-state index in [4.69, 9.17) is 33.1 Å². The summed E-state index contributed by atoms with van der Waals surface area (Å²) in [6, 6.07) is 1.31. The fourth-order valence-corrected chi connectivity index (χ4v) is 2.05. The lowest BCUT2D eigenvalue weighted by Gasteiger charge is -2.12. The number of hydrogen-bond acceptors (Lipinski definition) is 6. The highest BCUT2D eigenvalue weighted by Crippen LogP contribution is 2.38. The Hall–Kier alpha value is -2.00. The fraction of sp³-hybridized carbons (Fsp3) is 0.308. The molecular formula is C13H12Cl2F3N3O3. The molecule has 0 heterocycles. The average molecular weight is 386 g/mol. The Labute approximate surface area is 144 Å². The van der Waals surface area contributed by atoms with Gasteiger partial charge in [0.1, 0.15) is 5.71 Å². The third-order valence-corrected chi connectivity index (χ3v) is 3.21. The smallest absolute Gasteiger partial charge is 0.416 e. The van der Waals surface area contributed by atoms with Gasteiger partial charge in [-0.1, -0.05) is 28.4 Å². The maximum Gasteiger partial charge on any atom is 0.416 e. The van der Waals surface area contributed by atoms with Gasteiger partial charge in [-0.25, -0.2) is 4.79 Å². The lowest BCUT2D eigenvalue weighted by Crippen LogP contribution is -2.26. The summed E-state index contributed by atoms with van der Waals surface area (Å²) >= 11 is 11.5. The number of hydrogen-bond donors (Lipinski definition) is 2. The summed E-state index contributed by atoms with van der Waals surface area (Å²) in [5.41, 5.74) is 0.511. The lowest BCUT2D eigenvalue weighted by molar-refractivity contribution is -0.137. The zero-order valence-corrected chi connectivity index (χ0v) is 13.9. The van der Waals surface area contributed by atoms with Crippen LogP contribution in [0.15, 0.2) is 22.4 Å². The molecule has 0 saturated heterocycles. The van der Waals surface area contributed by atoms with Gasteiger partial charge in [0.05, 0.1) is 27.9 Å². The minimum atomic E-state index is -4.62. The lowest BCUT2D eigenvalue weighted by atomic mass is 10.2. The van der Waals surface area contributed by atoms with Crippen molar-refractivity contribution in [1.82, 2.24) is 0 Å². The second-order valence-electron chi connectivity index (χ2n) is 4.29. The normalized spacial score (nSPS) is 13.0. The summed E-state index contributed by atoms with van der Waals surface area (Å²) in [6.45, 7) is 2.86. The zero-order valence-electron chi connectivity index (χ0n) is 12.4. The molecule has 0 radical (unpaired) electrons. The topological polar surface area (TPSA) is 83.3 Å². The van der Waals surface area contributed by atoms with Gasteiger partial charge < -0.3 is 9.94 Å². The third kappa shape index (κ3) is 5.00. The van der Waals surface area contributed by atoms with Crippen LogP contribution in [0.2, 0.25) is 10.0 Å². The van der Waals surface area contributed by atoms with E-state index < -0.39 is 23.4 Å². The van der Waals surface area contributed by atoms with Gasteiger partial charge >= 0.3 is 12.1 Å². The summed E-state index contributed by atoms with van der Waals surface area (Å²) < 4.78 is 42.7. The van der Waals surface area contributed by atoms with Crippen LogP contribution in [0.5, 0.6) is 0 Å². The molecule has 2 N–H and O–H groups in total. The van der Waals surface area contributed by atoms with E-state index in [9.17, 15) is 18.0 Å². The van der Waals surface area contributed by atoms with Crippen LogP contribution < -0.4 is 5.43 Å². The minimum absolute atomic E-state index is 0.0400. The standard InChI is InChI=1S/C13H12Cl2F3N3O3/c1-3-24-12(22)10(6(2)21-23)19-20-11-8(14)4-7(5-9(11)15)13(16,17)18/h4-5,20,23H,3H2,1-2H3/b19-10-,21-6+. The predicted octanol–water partition coefficient (Wildman–Crippen LogP) is 4.19. The number of oxime groups is 1. The van der Waals surface area contributed by atoms with E-state index in [2.05, 4.69) is 15.7 Å². The predicted molar refractivity (Wildman–Crippen MR) is 84.1 cm³/mol. The Morgan fingerprint density at radius 1 is 1.33 bits per heavy atom. The van der Waals surface area contributed by atoms with Gasteiger partial charge in [0.25, 0.3) is 0 Å². The van der Waals surface area contributed by atoms with Crippen molar-refractivity contribution in [2.75, 3.05) is 12.0 Å². The van der Waals surface area contributed by atoms with Gasteiger partial charge in [-0.05, 0) is 26.0 Å². The molecule has 1 aromatic rings. The first-order valence-electron chi connectivity index (χ1n) is 6.37. The van der Waals surface area contributed by atoms with Crippen LogP contribution in [0.25, 0.3) is 0 Å². The quantitative estimate of drug-likeness (QED) is 0.344. The average Bonchev–Trinajstić information content (AvgIpc) is 2.48. The Morgan fingerprint density at radius 3 is 2.29 bits per heavy atom. The number of ether oxygens (including phenoxy) is 1. The number of esters is 1. The third-order valence-electron chi connectivity index (χ3n) is 2.61. The molecule has 0 aliphatic heterocycles. The molecular weight excluding hydrogens is 374 g/mol. The van der Waals surface area contributed by atoms with Crippen molar-refractivity contribution in [3.63, 3.8) is 0 Å². The first-order chi connectivity index (χ1) is 11.1. The molecule has 1 rings (SSSR count). The zero-order chi connectivity index (χ0) is 18.5. The molecule has 0 aromatic heterocycles. The van der Waals surface area contributed by atoms with Crippen LogP contribution in [0.3, 0.4) is 0 Å². The summed E-state index contributed by atoms with van der Waals surface area (Å²) in [6.07, 6.45) is -4.62. The van der Waals surface area contributed by atoms with Gasteiger partial charge in [-0.15, -0.1) is 0 Å². The van der Waals surface area contributed by atoms with Crippen molar-refractivity contribution in [3.05, 3.63) is 27.7 Å². The van der Waals surface area contributed by atoms with Crippen LogP contribution in [0.1, 0.15) is 19.4 Å². The molecule has 0 bridgehead atoms. The number of carbonyl (C=O) groups excluding carboxylic acids is 1. The number of carbonyl (C=O) groups is 1. The van der Waals surface area contributed by atoms with E-state index in [-0.39, 0.29) is 28.1 Å². The fourth-order valence-electron chi connectivity index (χ4n) is 1.48. The summed E-state index contributed by atoms with van der Waals surface area (Å²) in [5.74, 6) is -0.903. The van der Waals surface area contributed by atoms with Gasteiger partial charge in [0.2, 0.25) is 0 Å². The number of alkyl halides is 3. The first kappa shape index (κ1) is 20.0. The maximum atomic E-state index is 12.7. The van der Waals surface area contributed by atoms with Crippen LogP contribution in [-0.4, -0.2) is 29.2 Å². The van der Waals surface area contributed by atoms with Gasteiger partial charge in [-0.2, -0.15) is 18.3 Å². The van der Waals surface area contributed by atoms with Crippen LogP contribution in [0.4, 0.5) is 18.9 Å². The van der Waals surface area contributed by atoms with Crippen molar-refractivity contribution in [3.8, 4) is 0 Å². The number of benzene rings is 1. The minimum Gasteiger partial charge on any atom is -0.461 e. The molecule has 0 atom stereocenters. The molecule has 0 aliphatic rings. The second-order valence-corrected chi connectivity index (χ2v) is 5.11. The number of nitrogens with zero attached hydrogens (tertiary/aromatic N) is 2. The SMILES string of the molecule is CCOC(=O)C(=N\Nc1c(Cl)cc(C(F)(F)F)cc1Cl)/C(C)=N/O. The highest BCUT2D eigenvalue weighted by atomic mass is 35.5. The van der Waals surface area contributed by atoms with E-state index in [0.717, 1.165) is 0 Å². The number of nitrogens with one attached hydrogen (secondary N) is 1. The van der Waals surface area contributed by atoms with E-state index >= 15 is 0 Å². The molecule has 0 amide bonds. The molecule has 0 saturated carbocycles. The van der Waals surface area contributed by atoms with Crippen molar-refractivity contribution < 1.29 is 27.9 Å². The van der Waals surface area contributed by atoms with Crippen LogP contribution in [0, 0.1) is 0 Å². The van der Waals surface area contributed by atoms with Gasteiger partial charge in [0.15, 0.2) is 5.71 Å². The Balaban J connectivity index is 3.21. The molecule has 0 unspecified atom stereocenters. The largest absolute Gasteiger partial charge is 0.461 e. The molecule has 24 heavy (non-hydrogen) atoms. The molecule has 11 heteroatoms. The molecule has 132 valence electrons. The molecule has 1 aromatic carbocycles. The summed E-state index contributed by atoms with van der Waals surface area (Å²) in [5, 5.41) is 14.5. The summed E-state index contributed by atoms with van der Waals surface area (Å²) in [4.78, 5) is 11.7. The molecule has 0 aliphatic carbocycles. The number of hydrazone groups is 1. The van der Waals surface area contributed by atoms with Gasteiger partial charge in [0, 0.05) is 0 Å². The number of halogens is 5. The molecule has 6 nitrogen and oxygen atoms in total. The molecule has 0 fully saturated rings.